The molecule has 0 bridgehead atoms. The van der Waals surface area contributed by atoms with Crippen molar-refractivity contribution in [2.75, 3.05) is 18.2 Å². The minimum Gasteiger partial charge on any atom is -0.497 e. The van der Waals surface area contributed by atoms with E-state index in [1.54, 1.807) is 7.11 Å². The molecule has 2 aromatic heterocycles. The first-order valence-electron chi connectivity index (χ1n) is 8.36. The molecule has 1 N–H and O–H groups in total. The van der Waals surface area contributed by atoms with Crippen molar-refractivity contribution < 1.29 is 9.53 Å². The highest BCUT2D eigenvalue weighted by Gasteiger charge is 2.14. The van der Waals surface area contributed by atoms with Crippen LogP contribution in [0.15, 0.2) is 29.4 Å². The lowest BCUT2D eigenvalue weighted by molar-refractivity contribution is -0.113. The predicted octanol–water partition coefficient (Wildman–Crippen LogP) is 2.79. The van der Waals surface area contributed by atoms with E-state index in [0.717, 1.165) is 33.8 Å². The van der Waals surface area contributed by atoms with E-state index < -0.39 is 0 Å². The first kappa shape index (κ1) is 19.3. The molecule has 142 valence electrons. The molecule has 2 heterocycles. The zero-order valence-electron chi connectivity index (χ0n) is 15.3. The van der Waals surface area contributed by atoms with Gasteiger partial charge in [0.1, 0.15) is 16.6 Å². The Hall–Kier alpha value is -2.46. The molecule has 0 fully saturated rings. The third-order valence-corrected chi connectivity index (χ3v) is 5.46. The Labute approximate surface area is 165 Å². The van der Waals surface area contributed by atoms with Crippen molar-refractivity contribution in [2.24, 2.45) is 0 Å². The molecule has 0 aliphatic rings. The van der Waals surface area contributed by atoms with Crippen LogP contribution in [0.3, 0.4) is 0 Å². The van der Waals surface area contributed by atoms with E-state index in [-0.39, 0.29) is 11.7 Å². The van der Waals surface area contributed by atoms with Gasteiger partial charge in [0.25, 0.3) is 0 Å². The van der Waals surface area contributed by atoms with E-state index in [2.05, 4.69) is 25.7 Å². The van der Waals surface area contributed by atoms with Crippen LogP contribution in [-0.2, 0) is 17.8 Å². The zero-order valence-corrected chi connectivity index (χ0v) is 16.9. The van der Waals surface area contributed by atoms with Crippen LogP contribution < -0.4 is 10.1 Å². The third kappa shape index (κ3) is 5.04. The van der Waals surface area contributed by atoms with Gasteiger partial charge < -0.3 is 9.30 Å². The van der Waals surface area contributed by atoms with Gasteiger partial charge in [-0.3, -0.25) is 10.1 Å². The predicted molar refractivity (Wildman–Crippen MR) is 105 cm³/mol. The first-order chi connectivity index (χ1) is 13.1. The number of aryl methyl sites for hydroxylation is 1. The maximum Gasteiger partial charge on any atom is 0.236 e. The Morgan fingerprint density at radius 3 is 2.63 bits per heavy atom. The van der Waals surface area contributed by atoms with Crippen molar-refractivity contribution in [3.8, 4) is 5.75 Å². The molecular formula is C17H20N6O2S2. The summed E-state index contributed by atoms with van der Waals surface area (Å²) in [6.45, 7) is 4.61. The molecule has 0 saturated heterocycles. The molecule has 27 heavy (non-hydrogen) atoms. The first-order valence-corrected chi connectivity index (χ1v) is 10.2. The van der Waals surface area contributed by atoms with Crippen LogP contribution in [0.1, 0.15) is 23.3 Å². The monoisotopic (exact) mass is 404 g/mol. The van der Waals surface area contributed by atoms with Gasteiger partial charge in [-0.1, -0.05) is 35.2 Å². The normalized spacial score (nSPS) is 10.8. The lowest BCUT2D eigenvalue weighted by Gasteiger charge is -2.08. The molecule has 1 amide bonds. The van der Waals surface area contributed by atoms with E-state index in [1.165, 1.54) is 23.1 Å². The zero-order chi connectivity index (χ0) is 19.2. The Balaban J connectivity index is 1.61. The number of hydrogen-bond acceptors (Lipinski definition) is 8. The van der Waals surface area contributed by atoms with Crippen LogP contribution in [0.25, 0.3) is 0 Å². The van der Waals surface area contributed by atoms with Crippen molar-refractivity contribution in [1.82, 2.24) is 25.0 Å². The summed E-state index contributed by atoms with van der Waals surface area (Å²) in [6.07, 6.45) is 0.668. The molecule has 8 nitrogen and oxygen atoms in total. The van der Waals surface area contributed by atoms with Crippen LogP contribution in [0.5, 0.6) is 5.75 Å². The third-order valence-electron chi connectivity index (χ3n) is 3.74. The minimum atomic E-state index is -0.140. The number of anilines is 1. The van der Waals surface area contributed by atoms with E-state index in [9.17, 15) is 4.79 Å². The molecular weight excluding hydrogens is 384 g/mol. The van der Waals surface area contributed by atoms with Crippen molar-refractivity contribution in [3.63, 3.8) is 0 Å². The average Bonchev–Trinajstić information content (AvgIpc) is 3.26. The summed E-state index contributed by atoms with van der Waals surface area (Å²) in [5.74, 6) is 1.78. The van der Waals surface area contributed by atoms with Gasteiger partial charge in [0.15, 0.2) is 5.16 Å². The standard InChI is InChI=1S/C17H20N6O2S2/c1-4-23-14(9-12-5-7-13(25-3)8-6-12)20-22-17(23)26-10-15(24)18-16-21-19-11(2)27-16/h5-8H,4,9-10H2,1-3H3,(H,18,21,24). The van der Waals surface area contributed by atoms with Crippen molar-refractivity contribution >= 4 is 34.1 Å². The molecule has 0 saturated carbocycles. The van der Waals surface area contributed by atoms with Crippen molar-refractivity contribution in [3.05, 3.63) is 40.7 Å². The highest BCUT2D eigenvalue weighted by Crippen LogP contribution is 2.21. The maximum atomic E-state index is 12.1. The number of carbonyl (C=O) groups is 1. The number of methoxy groups -OCH3 is 1. The Bertz CT molecular complexity index is 907. The van der Waals surface area contributed by atoms with Crippen molar-refractivity contribution in [1.29, 1.82) is 0 Å². The second-order valence-corrected chi connectivity index (χ2v) is 7.76. The van der Waals surface area contributed by atoms with Crippen LogP contribution in [-0.4, -0.2) is 43.7 Å². The molecule has 0 atom stereocenters. The topological polar surface area (TPSA) is 94.8 Å². The second-order valence-electron chi connectivity index (χ2n) is 5.63. The summed E-state index contributed by atoms with van der Waals surface area (Å²) in [6, 6.07) is 7.88. The summed E-state index contributed by atoms with van der Waals surface area (Å²) in [7, 11) is 1.65. The number of aromatic nitrogens is 5. The SMILES string of the molecule is CCn1c(Cc2ccc(OC)cc2)nnc1SCC(=O)Nc1nnc(C)s1. The molecule has 1 aromatic carbocycles. The number of benzene rings is 1. The smallest absolute Gasteiger partial charge is 0.236 e. The van der Waals surface area contributed by atoms with E-state index in [4.69, 9.17) is 4.74 Å². The number of amides is 1. The molecule has 0 spiro atoms. The summed E-state index contributed by atoms with van der Waals surface area (Å²) >= 11 is 2.70. The molecule has 0 aliphatic carbocycles. The Morgan fingerprint density at radius 1 is 1.22 bits per heavy atom. The fourth-order valence-corrected chi connectivity index (χ4v) is 3.86. The number of thioether (sulfide) groups is 1. The maximum absolute atomic E-state index is 12.1. The van der Waals surface area contributed by atoms with E-state index >= 15 is 0 Å². The summed E-state index contributed by atoms with van der Waals surface area (Å²) in [5, 5.41) is 21.1. The fraction of sp³-hybridized carbons (Fsp3) is 0.353. The summed E-state index contributed by atoms with van der Waals surface area (Å²) in [5.41, 5.74) is 1.12. The van der Waals surface area contributed by atoms with Gasteiger partial charge in [0.2, 0.25) is 11.0 Å². The van der Waals surface area contributed by atoms with Crippen LogP contribution in [0, 0.1) is 6.92 Å². The highest BCUT2D eigenvalue weighted by atomic mass is 32.2. The van der Waals surface area contributed by atoms with Gasteiger partial charge in [-0.15, -0.1) is 20.4 Å². The lowest BCUT2D eigenvalue weighted by atomic mass is 10.1. The van der Waals surface area contributed by atoms with Crippen LogP contribution in [0.4, 0.5) is 5.13 Å². The van der Waals surface area contributed by atoms with E-state index in [0.29, 0.717) is 11.6 Å². The van der Waals surface area contributed by atoms with Crippen LogP contribution >= 0.6 is 23.1 Å². The van der Waals surface area contributed by atoms with Crippen molar-refractivity contribution in [2.45, 2.75) is 32.0 Å². The molecule has 3 aromatic rings. The number of rotatable bonds is 8. The average molecular weight is 405 g/mol. The second kappa shape index (κ2) is 8.96. The Kier molecular flexibility index (Phi) is 6.40. The van der Waals surface area contributed by atoms with Gasteiger partial charge >= 0.3 is 0 Å². The van der Waals surface area contributed by atoms with Gasteiger partial charge in [-0.2, -0.15) is 0 Å². The summed E-state index contributed by atoms with van der Waals surface area (Å²) in [4.78, 5) is 12.1. The fourth-order valence-electron chi connectivity index (χ4n) is 2.43. The number of nitrogens with zero attached hydrogens (tertiary/aromatic N) is 5. The lowest BCUT2D eigenvalue weighted by Crippen LogP contribution is -2.14. The van der Waals surface area contributed by atoms with Crippen LogP contribution in [0.2, 0.25) is 0 Å². The number of carbonyl (C=O) groups excluding carboxylic acids is 1. The van der Waals surface area contributed by atoms with E-state index in [1.807, 2.05) is 42.7 Å². The number of nitrogens with one attached hydrogen (secondary N) is 1. The van der Waals surface area contributed by atoms with Gasteiger partial charge in [-0.25, -0.2) is 0 Å². The van der Waals surface area contributed by atoms with Gasteiger partial charge in [0, 0.05) is 13.0 Å². The van der Waals surface area contributed by atoms with Gasteiger partial charge in [0.05, 0.1) is 12.9 Å². The quantitative estimate of drug-likeness (QED) is 0.577. The molecule has 10 heteroatoms. The molecule has 0 radical (unpaired) electrons. The summed E-state index contributed by atoms with van der Waals surface area (Å²) < 4.78 is 7.21. The largest absolute Gasteiger partial charge is 0.497 e. The highest BCUT2D eigenvalue weighted by molar-refractivity contribution is 7.99. The molecule has 0 unspecified atom stereocenters. The minimum absolute atomic E-state index is 0.140. The Morgan fingerprint density at radius 2 is 2.00 bits per heavy atom. The van der Waals surface area contributed by atoms with Gasteiger partial charge in [-0.05, 0) is 31.5 Å². The molecule has 0 aliphatic heterocycles. The number of hydrogen-bond donors (Lipinski definition) is 1. The molecule has 3 rings (SSSR count). The number of ether oxygens (including phenoxy) is 1.